The minimum atomic E-state index is 0. The van der Waals surface area contributed by atoms with E-state index in [1.165, 1.54) is 16.7 Å². The Balaban J connectivity index is 0.00000256. The fourth-order valence-corrected chi connectivity index (χ4v) is 4.00. The zero-order valence-electron chi connectivity index (χ0n) is 18.0. The summed E-state index contributed by atoms with van der Waals surface area (Å²) in [6.45, 7) is 10.7. The topological polar surface area (TPSA) is 70.5 Å². The Morgan fingerprint density at radius 1 is 1.23 bits per heavy atom. The molecule has 3 aromatic rings. The van der Waals surface area contributed by atoms with Crippen LogP contribution in [0.15, 0.2) is 30.5 Å². The van der Waals surface area contributed by atoms with Gasteiger partial charge in [-0.1, -0.05) is 18.2 Å². The summed E-state index contributed by atoms with van der Waals surface area (Å²) < 4.78 is 2.06. The number of anilines is 2. The molecule has 4 rings (SSSR count). The highest BCUT2D eigenvalue weighted by atomic mass is 35.5. The number of imidazole rings is 1. The molecular formula is C23H30ClN5O. The molecule has 30 heavy (non-hydrogen) atoms. The van der Waals surface area contributed by atoms with Crippen molar-refractivity contribution < 1.29 is 4.79 Å². The second kappa shape index (κ2) is 9.06. The highest BCUT2D eigenvalue weighted by Gasteiger charge is 2.23. The lowest BCUT2D eigenvalue weighted by molar-refractivity contribution is -0.119. The molecule has 1 fully saturated rings. The summed E-state index contributed by atoms with van der Waals surface area (Å²) in [5, 5.41) is 9.92. The number of hydrogen-bond donors (Lipinski definition) is 3. The molecule has 2 aromatic heterocycles. The van der Waals surface area contributed by atoms with E-state index in [0.717, 1.165) is 47.9 Å². The fourth-order valence-electron chi connectivity index (χ4n) is 4.00. The molecule has 0 saturated carbocycles. The van der Waals surface area contributed by atoms with Crippen molar-refractivity contribution in [3.63, 3.8) is 0 Å². The van der Waals surface area contributed by atoms with Gasteiger partial charge in [0.05, 0.1) is 23.0 Å². The van der Waals surface area contributed by atoms with Crippen LogP contribution in [0.25, 0.3) is 5.65 Å². The van der Waals surface area contributed by atoms with Crippen molar-refractivity contribution in [2.75, 3.05) is 23.7 Å². The lowest BCUT2D eigenvalue weighted by atomic mass is 10.0. The fraction of sp³-hybridized carbons (Fsp3) is 0.391. The van der Waals surface area contributed by atoms with Gasteiger partial charge >= 0.3 is 0 Å². The van der Waals surface area contributed by atoms with E-state index < -0.39 is 0 Å². The summed E-state index contributed by atoms with van der Waals surface area (Å²) in [5.41, 5.74) is 8.48. The summed E-state index contributed by atoms with van der Waals surface area (Å²) in [7, 11) is 0. The Kier molecular flexibility index (Phi) is 6.68. The lowest BCUT2D eigenvalue weighted by Gasteiger charge is -2.15. The molecular weight excluding hydrogens is 398 g/mol. The van der Waals surface area contributed by atoms with E-state index in [9.17, 15) is 4.79 Å². The van der Waals surface area contributed by atoms with Crippen LogP contribution in [0.5, 0.6) is 0 Å². The van der Waals surface area contributed by atoms with Gasteiger partial charge in [0.15, 0.2) is 5.65 Å². The van der Waals surface area contributed by atoms with Gasteiger partial charge in [-0.25, -0.2) is 4.98 Å². The number of halogens is 1. The van der Waals surface area contributed by atoms with Crippen molar-refractivity contribution >= 4 is 35.3 Å². The van der Waals surface area contributed by atoms with Crippen LogP contribution in [-0.4, -0.2) is 28.4 Å². The van der Waals surface area contributed by atoms with E-state index in [1.807, 2.05) is 19.2 Å². The van der Waals surface area contributed by atoms with Crippen molar-refractivity contribution in [2.45, 2.75) is 40.7 Å². The predicted octanol–water partition coefficient (Wildman–Crippen LogP) is 4.15. The quantitative estimate of drug-likeness (QED) is 0.572. The molecule has 1 aliphatic rings. The van der Waals surface area contributed by atoms with Crippen LogP contribution in [0.1, 0.15) is 34.5 Å². The minimum absolute atomic E-state index is 0. The van der Waals surface area contributed by atoms with Crippen LogP contribution in [0.4, 0.5) is 11.4 Å². The third-order valence-corrected chi connectivity index (χ3v) is 5.99. The monoisotopic (exact) mass is 427 g/mol. The Morgan fingerprint density at radius 3 is 2.63 bits per heavy atom. The summed E-state index contributed by atoms with van der Waals surface area (Å²) in [6.07, 6.45) is 2.85. The van der Waals surface area contributed by atoms with Gasteiger partial charge in [0.1, 0.15) is 0 Å². The molecule has 1 saturated heterocycles. The molecule has 0 radical (unpaired) electrons. The summed E-state index contributed by atoms with van der Waals surface area (Å²) in [4.78, 5) is 17.4. The van der Waals surface area contributed by atoms with Crippen molar-refractivity contribution in [1.82, 2.24) is 14.7 Å². The van der Waals surface area contributed by atoms with E-state index in [4.69, 9.17) is 4.98 Å². The number of benzene rings is 1. The first kappa shape index (κ1) is 22.1. The first-order valence-corrected chi connectivity index (χ1v) is 10.2. The number of nitrogens with one attached hydrogen (secondary N) is 3. The van der Waals surface area contributed by atoms with Gasteiger partial charge in [-0.2, -0.15) is 0 Å². The highest BCUT2D eigenvalue weighted by Crippen LogP contribution is 2.26. The maximum atomic E-state index is 12.6. The van der Waals surface area contributed by atoms with E-state index in [-0.39, 0.29) is 24.2 Å². The number of nitrogens with zero attached hydrogens (tertiary/aromatic N) is 2. The van der Waals surface area contributed by atoms with Crippen molar-refractivity contribution in [2.24, 2.45) is 5.92 Å². The Morgan fingerprint density at radius 2 is 1.97 bits per heavy atom. The van der Waals surface area contributed by atoms with E-state index in [1.54, 1.807) is 0 Å². The first-order chi connectivity index (χ1) is 13.9. The number of fused-ring (bicyclic) bond motifs is 1. The zero-order valence-corrected chi connectivity index (χ0v) is 18.8. The second-order valence-corrected chi connectivity index (χ2v) is 8.02. The second-order valence-electron chi connectivity index (χ2n) is 8.02. The molecule has 6 nitrogen and oxygen atoms in total. The highest BCUT2D eigenvalue weighted by molar-refractivity contribution is 5.94. The van der Waals surface area contributed by atoms with Gasteiger partial charge in [-0.3, -0.25) is 4.79 Å². The zero-order chi connectivity index (χ0) is 20.5. The van der Waals surface area contributed by atoms with Crippen LogP contribution in [-0.2, 0) is 11.3 Å². The van der Waals surface area contributed by atoms with Crippen LogP contribution in [0, 0.1) is 33.6 Å². The molecule has 7 heteroatoms. The molecule has 1 amide bonds. The SMILES string of the molecule is Cc1cccc(C)c1CNc1cc(NC(=O)[C@@H]2CCNC2)cn2c(C)c(C)nc12.Cl. The van der Waals surface area contributed by atoms with Gasteiger partial charge in [-0.05, 0) is 63.4 Å². The Bertz CT molecular complexity index is 1050. The standard InChI is InChI=1S/C23H29N5O.ClH/c1-14-6-5-7-15(2)20(14)12-25-21-10-19(27-23(29)18-8-9-24-11-18)13-28-17(4)16(3)26-22(21)28;/h5-7,10,13,18,24-25H,8-9,11-12H2,1-4H3,(H,27,29);1H/t18-;/m1./s1. The molecule has 0 aliphatic carbocycles. The van der Waals surface area contributed by atoms with Gasteiger partial charge in [0, 0.05) is 25.0 Å². The molecule has 160 valence electrons. The molecule has 3 heterocycles. The Hall–Kier alpha value is -2.57. The molecule has 1 atom stereocenters. The van der Waals surface area contributed by atoms with Crippen LogP contribution < -0.4 is 16.0 Å². The number of pyridine rings is 1. The number of hydrogen-bond acceptors (Lipinski definition) is 4. The first-order valence-electron chi connectivity index (χ1n) is 10.2. The number of aryl methyl sites for hydroxylation is 4. The van der Waals surface area contributed by atoms with Gasteiger partial charge < -0.3 is 20.4 Å². The summed E-state index contributed by atoms with van der Waals surface area (Å²) in [6, 6.07) is 8.35. The minimum Gasteiger partial charge on any atom is -0.378 e. The Labute approximate surface area is 183 Å². The molecule has 0 spiro atoms. The largest absolute Gasteiger partial charge is 0.378 e. The van der Waals surface area contributed by atoms with E-state index in [0.29, 0.717) is 6.54 Å². The number of carbonyl (C=O) groups excluding carboxylic acids is 1. The number of aromatic nitrogens is 2. The molecule has 1 aliphatic heterocycles. The van der Waals surface area contributed by atoms with Crippen molar-refractivity contribution in [3.05, 3.63) is 58.5 Å². The normalized spacial score (nSPS) is 15.8. The summed E-state index contributed by atoms with van der Waals surface area (Å²) in [5.74, 6) is 0.104. The van der Waals surface area contributed by atoms with E-state index in [2.05, 4.69) is 59.3 Å². The average molecular weight is 428 g/mol. The van der Waals surface area contributed by atoms with Crippen LogP contribution >= 0.6 is 12.4 Å². The van der Waals surface area contributed by atoms with Crippen molar-refractivity contribution in [3.8, 4) is 0 Å². The molecule has 3 N–H and O–H groups in total. The van der Waals surface area contributed by atoms with Crippen LogP contribution in [0.3, 0.4) is 0 Å². The third-order valence-electron chi connectivity index (χ3n) is 5.99. The predicted molar refractivity (Wildman–Crippen MR) is 125 cm³/mol. The average Bonchev–Trinajstić information content (AvgIpc) is 3.31. The molecule has 0 bridgehead atoms. The molecule has 1 aromatic carbocycles. The maximum Gasteiger partial charge on any atom is 0.228 e. The van der Waals surface area contributed by atoms with E-state index >= 15 is 0 Å². The van der Waals surface area contributed by atoms with Crippen LogP contribution in [0.2, 0.25) is 0 Å². The van der Waals surface area contributed by atoms with Gasteiger partial charge in [-0.15, -0.1) is 12.4 Å². The van der Waals surface area contributed by atoms with Crippen molar-refractivity contribution in [1.29, 1.82) is 0 Å². The molecule has 0 unspecified atom stereocenters. The smallest absolute Gasteiger partial charge is 0.228 e. The number of amides is 1. The maximum absolute atomic E-state index is 12.6. The lowest BCUT2D eigenvalue weighted by Crippen LogP contribution is -2.24. The third kappa shape index (κ3) is 4.30. The van der Waals surface area contributed by atoms with Gasteiger partial charge in [0.2, 0.25) is 5.91 Å². The summed E-state index contributed by atoms with van der Waals surface area (Å²) >= 11 is 0. The number of rotatable bonds is 5. The number of carbonyl (C=O) groups is 1. The van der Waals surface area contributed by atoms with Gasteiger partial charge in [0.25, 0.3) is 0 Å².